The highest BCUT2D eigenvalue weighted by molar-refractivity contribution is 5.14. The summed E-state index contributed by atoms with van der Waals surface area (Å²) in [6.07, 6.45) is 18.8. The SMILES string of the molecule is CC/C=C\C#CCCCCCCCCCCC. The Morgan fingerprint density at radius 1 is 0.765 bits per heavy atom. The highest BCUT2D eigenvalue weighted by atomic mass is 14.0. The smallest absolute Gasteiger partial charge is 0.00922 e. The van der Waals surface area contributed by atoms with Gasteiger partial charge in [-0.05, 0) is 18.9 Å². The van der Waals surface area contributed by atoms with Gasteiger partial charge in [0.15, 0.2) is 0 Å². The van der Waals surface area contributed by atoms with E-state index in [4.69, 9.17) is 0 Å². The van der Waals surface area contributed by atoms with Gasteiger partial charge in [-0.25, -0.2) is 0 Å². The largest absolute Gasteiger partial charge is 0.0985 e. The van der Waals surface area contributed by atoms with E-state index in [-0.39, 0.29) is 0 Å². The maximum atomic E-state index is 3.20. The average Bonchev–Trinajstić information content (AvgIpc) is 2.35. The van der Waals surface area contributed by atoms with E-state index >= 15 is 0 Å². The summed E-state index contributed by atoms with van der Waals surface area (Å²) in [5, 5.41) is 0. The third kappa shape index (κ3) is 15.3. The molecule has 0 fully saturated rings. The van der Waals surface area contributed by atoms with Crippen molar-refractivity contribution in [2.45, 2.75) is 84.5 Å². The molecule has 0 unspecified atom stereocenters. The Morgan fingerprint density at radius 3 is 1.94 bits per heavy atom. The molecule has 0 spiro atoms. The molecule has 0 saturated carbocycles. The third-order valence-electron chi connectivity index (χ3n) is 2.94. The van der Waals surface area contributed by atoms with Crippen LogP contribution in [0, 0.1) is 11.8 Å². The number of unbranched alkanes of at least 4 members (excludes halogenated alkanes) is 9. The van der Waals surface area contributed by atoms with E-state index in [1.165, 1.54) is 57.8 Å². The van der Waals surface area contributed by atoms with E-state index in [1.807, 2.05) is 6.08 Å². The average molecular weight is 234 g/mol. The van der Waals surface area contributed by atoms with Crippen molar-refractivity contribution in [3.8, 4) is 11.8 Å². The first kappa shape index (κ1) is 16.3. The molecule has 0 aliphatic carbocycles. The summed E-state index contributed by atoms with van der Waals surface area (Å²) in [7, 11) is 0. The van der Waals surface area contributed by atoms with Crippen LogP contribution in [0.5, 0.6) is 0 Å². The van der Waals surface area contributed by atoms with Crippen molar-refractivity contribution >= 4 is 0 Å². The van der Waals surface area contributed by atoms with Crippen LogP contribution >= 0.6 is 0 Å². The first-order chi connectivity index (χ1) is 8.41. The molecule has 0 aliphatic heterocycles. The molecule has 17 heavy (non-hydrogen) atoms. The van der Waals surface area contributed by atoms with Gasteiger partial charge >= 0.3 is 0 Å². The molecule has 0 aromatic heterocycles. The fourth-order valence-corrected chi connectivity index (χ4v) is 1.83. The molecule has 0 radical (unpaired) electrons. The van der Waals surface area contributed by atoms with Crippen LogP contribution in [0.2, 0.25) is 0 Å². The lowest BCUT2D eigenvalue weighted by Gasteiger charge is -1.99. The minimum atomic E-state index is 1.07. The molecular formula is C17H30. The van der Waals surface area contributed by atoms with Crippen LogP contribution in [0.1, 0.15) is 84.5 Å². The van der Waals surface area contributed by atoms with E-state index in [0.29, 0.717) is 0 Å². The van der Waals surface area contributed by atoms with Gasteiger partial charge in [0, 0.05) is 6.42 Å². The normalized spacial score (nSPS) is 10.5. The second kappa shape index (κ2) is 15.3. The van der Waals surface area contributed by atoms with Gasteiger partial charge in [0.2, 0.25) is 0 Å². The van der Waals surface area contributed by atoms with Gasteiger partial charge < -0.3 is 0 Å². The molecule has 0 nitrogen and oxygen atoms in total. The Hall–Kier alpha value is -0.700. The number of hydrogen-bond donors (Lipinski definition) is 0. The zero-order valence-electron chi connectivity index (χ0n) is 11.9. The molecule has 0 rings (SSSR count). The molecule has 0 heterocycles. The first-order valence-corrected chi connectivity index (χ1v) is 7.55. The number of allylic oxidation sites excluding steroid dienone is 2. The fraction of sp³-hybridized carbons (Fsp3) is 0.765. The monoisotopic (exact) mass is 234 g/mol. The Labute approximate surface area is 109 Å². The van der Waals surface area contributed by atoms with Crippen molar-refractivity contribution in [2.75, 3.05) is 0 Å². The lowest BCUT2D eigenvalue weighted by atomic mass is 10.1. The summed E-state index contributed by atoms with van der Waals surface area (Å²) in [5.74, 6) is 6.28. The minimum Gasteiger partial charge on any atom is -0.0985 e. The summed E-state index contributed by atoms with van der Waals surface area (Å²) in [4.78, 5) is 0. The van der Waals surface area contributed by atoms with Crippen LogP contribution in [0.3, 0.4) is 0 Å². The Morgan fingerprint density at radius 2 is 1.35 bits per heavy atom. The summed E-state index contributed by atoms with van der Waals surface area (Å²) in [6, 6.07) is 0. The van der Waals surface area contributed by atoms with E-state index in [1.54, 1.807) is 0 Å². The number of hydrogen-bond acceptors (Lipinski definition) is 0. The molecular weight excluding hydrogens is 204 g/mol. The Balaban J connectivity index is 3.07. The van der Waals surface area contributed by atoms with Crippen LogP contribution in [0.4, 0.5) is 0 Å². The summed E-state index contributed by atoms with van der Waals surface area (Å²) in [5.41, 5.74) is 0. The maximum absolute atomic E-state index is 3.20. The van der Waals surface area contributed by atoms with Crippen LogP contribution in [0.15, 0.2) is 12.2 Å². The van der Waals surface area contributed by atoms with Gasteiger partial charge in [0.25, 0.3) is 0 Å². The zero-order valence-corrected chi connectivity index (χ0v) is 11.9. The van der Waals surface area contributed by atoms with Gasteiger partial charge in [-0.1, -0.05) is 83.1 Å². The minimum absolute atomic E-state index is 1.07. The van der Waals surface area contributed by atoms with Crippen molar-refractivity contribution < 1.29 is 0 Å². The second-order valence-corrected chi connectivity index (χ2v) is 4.71. The van der Waals surface area contributed by atoms with E-state index in [9.17, 15) is 0 Å². The standard InChI is InChI=1S/C17H30/c1-3-5-7-9-11-13-15-17-16-14-12-10-8-6-4-2/h5,7H,3-4,6,8,10,12-17H2,1-2H3/b7-5-. The van der Waals surface area contributed by atoms with Crippen molar-refractivity contribution in [2.24, 2.45) is 0 Å². The lowest BCUT2D eigenvalue weighted by molar-refractivity contribution is 0.567. The number of rotatable bonds is 10. The van der Waals surface area contributed by atoms with E-state index in [2.05, 4.69) is 31.8 Å². The van der Waals surface area contributed by atoms with Crippen molar-refractivity contribution in [1.82, 2.24) is 0 Å². The predicted molar refractivity (Wildman–Crippen MR) is 79.1 cm³/mol. The van der Waals surface area contributed by atoms with Gasteiger partial charge in [-0.2, -0.15) is 0 Å². The maximum Gasteiger partial charge on any atom is 0.00922 e. The summed E-state index contributed by atoms with van der Waals surface area (Å²) >= 11 is 0. The first-order valence-electron chi connectivity index (χ1n) is 7.55. The Kier molecular flexibility index (Phi) is 14.7. The molecule has 0 heteroatoms. The topological polar surface area (TPSA) is 0 Å². The summed E-state index contributed by atoms with van der Waals surface area (Å²) < 4.78 is 0. The molecule has 0 N–H and O–H groups in total. The van der Waals surface area contributed by atoms with Crippen LogP contribution in [0.25, 0.3) is 0 Å². The van der Waals surface area contributed by atoms with Crippen molar-refractivity contribution in [1.29, 1.82) is 0 Å². The van der Waals surface area contributed by atoms with E-state index < -0.39 is 0 Å². The fourth-order valence-electron chi connectivity index (χ4n) is 1.83. The van der Waals surface area contributed by atoms with Gasteiger partial charge in [0.1, 0.15) is 0 Å². The second-order valence-electron chi connectivity index (χ2n) is 4.71. The third-order valence-corrected chi connectivity index (χ3v) is 2.94. The molecule has 0 amide bonds. The molecule has 0 saturated heterocycles. The lowest BCUT2D eigenvalue weighted by Crippen LogP contribution is -1.80. The van der Waals surface area contributed by atoms with Gasteiger partial charge in [-0.3, -0.25) is 0 Å². The predicted octanol–water partition coefficient (Wildman–Crippen LogP) is 5.88. The molecule has 0 aromatic rings. The molecule has 0 atom stereocenters. The molecule has 0 bridgehead atoms. The summed E-state index contributed by atoms with van der Waals surface area (Å²) in [6.45, 7) is 4.41. The van der Waals surface area contributed by atoms with Gasteiger partial charge in [-0.15, -0.1) is 0 Å². The quantitative estimate of drug-likeness (QED) is 0.327. The van der Waals surface area contributed by atoms with Gasteiger partial charge in [0.05, 0.1) is 0 Å². The van der Waals surface area contributed by atoms with Crippen LogP contribution in [-0.2, 0) is 0 Å². The van der Waals surface area contributed by atoms with Crippen molar-refractivity contribution in [3.05, 3.63) is 12.2 Å². The molecule has 0 aliphatic rings. The Bertz CT molecular complexity index is 214. The highest BCUT2D eigenvalue weighted by Gasteiger charge is 1.90. The molecule has 0 aromatic carbocycles. The highest BCUT2D eigenvalue weighted by Crippen LogP contribution is 2.10. The van der Waals surface area contributed by atoms with Crippen molar-refractivity contribution in [3.63, 3.8) is 0 Å². The van der Waals surface area contributed by atoms with Crippen LogP contribution < -0.4 is 0 Å². The van der Waals surface area contributed by atoms with Crippen LogP contribution in [-0.4, -0.2) is 0 Å². The van der Waals surface area contributed by atoms with E-state index in [0.717, 1.165) is 12.8 Å². The zero-order chi connectivity index (χ0) is 12.6. The molecule has 98 valence electrons.